The Bertz CT molecular complexity index is 344. The number of hydrogen-bond donors (Lipinski definition) is 3. The second-order valence-electron chi connectivity index (χ2n) is 4.99. The highest BCUT2D eigenvalue weighted by Crippen LogP contribution is 2.18. The van der Waals surface area contributed by atoms with Crippen molar-refractivity contribution in [3.63, 3.8) is 0 Å². The molecule has 0 rings (SSSR count). The fourth-order valence-corrected chi connectivity index (χ4v) is 2.57. The molecule has 0 aliphatic heterocycles. The highest BCUT2D eigenvalue weighted by atomic mass is 32.2. The molecular weight excluding hydrogens is 230 g/mol. The Morgan fingerprint density at radius 1 is 1.50 bits per heavy atom. The van der Waals surface area contributed by atoms with Crippen molar-refractivity contribution >= 4 is 15.9 Å². The minimum atomic E-state index is -3.39. The minimum absolute atomic E-state index is 0.0273. The van der Waals surface area contributed by atoms with Gasteiger partial charge in [0, 0.05) is 0 Å². The lowest BCUT2D eigenvalue weighted by molar-refractivity contribution is 0.316. The third-order valence-electron chi connectivity index (χ3n) is 2.04. The Hall–Kier alpha value is -0.820. The summed E-state index contributed by atoms with van der Waals surface area (Å²) in [6, 6.07) is -0.699. The highest BCUT2D eigenvalue weighted by molar-refractivity contribution is 7.89. The molecule has 0 aliphatic rings. The number of oxime groups is 1. The third-order valence-corrected chi connectivity index (χ3v) is 3.49. The van der Waals surface area contributed by atoms with E-state index in [-0.39, 0.29) is 17.0 Å². The number of sulfonamides is 1. The summed E-state index contributed by atoms with van der Waals surface area (Å²) in [5, 5.41) is 11.1. The van der Waals surface area contributed by atoms with Crippen molar-refractivity contribution < 1.29 is 13.6 Å². The zero-order chi connectivity index (χ0) is 13.0. The normalized spacial score (nSPS) is 16.1. The molecule has 0 radical (unpaired) electrons. The molecule has 7 heteroatoms. The van der Waals surface area contributed by atoms with Crippen molar-refractivity contribution in [2.45, 2.75) is 40.2 Å². The largest absolute Gasteiger partial charge is 0.409 e. The van der Waals surface area contributed by atoms with E-state index in [2.05, 4.69) is 9.88 Å². The van der Waals surface area contributed by atoms with Gasteiger partial charge in [-0.1, -0.05) is 25.9 Å². The van der Waals surface area contributed by atoms with Crippen molar-refractivity contribution in [3.8, 4) is 0 Å². The summed E-state index contributed by atoms with van der Waals surface area (Å²) in [4.78, 5) is 0. The second kappa shape index (κ2) is 5.49. The summed E-state index contributed by atoms with van der Waals surface area (Å²) in [5.74, 6) is -0.126. The first-order valence-corrected chi connectivity index (χ1v) is 6.70. The number of amidine groups is 1. The first-order chi connectivity index (χ1) is 7.07. The quantitative estimate of drug-likeness (QED) is 0.286. The molecule has 0 amide bonds. The molecule has 1 atom stereocenters. The van der Waals surface area contributed by atoms with Crippen molar-refractivity contribution in [1.82, 2.24) is 4.72 Å². The SMILES string of the molecule is CC(NS(=O)(=O)CCC(C)(C)C)C(N)=NO. The van der Waals surface area contributed by atoms with Crippen LogP contribution in [0.25, 0.3) is 0 Å². The fraction of sp³-hybridized carbons (Fsp3) is 0.889. The van der Waals surface area contributed by atoms with Gasteiger partial charge in [-0.2, -0.15) is 0 Å². The number of hydrogen-bond acceptors (Lipinski definition) is 4. The summed E-state index contributed by atoms with van der Waals surface area (Å²) in [6.45, 7) is 7.42. The lowest BCUT2D eigenvalue weighted by Crippen LogP contribution is -2.43. The Balaban J connectivity index is 4.37. The predicted octanol–water partition coefficient (Wildman–Crippen LogP) is 0.477. The molecule has 0 heterocycles. The number of rotatable bonds is 5. The molecule has 0 fully saturated rings. The fourth-order valence-electron chi connectivity index (χ4n) is 0.916. The van der Waals surface area contributed by atoms with Gasteiger partial charge in [0.05, 0.1) is 11.8 Å². The molecule has 0 aromatic rings. The van der Waals surface area contributed by atoms with Crippen LogP contribution in [0.3, 0.4) is 0 Å². The average molecular weight is 251 g/mol. The number of nitrogens with one attached hydrogen (secondary N) is 1. The van der Waals surface area contributed by atoms with Crippen LogP contribution in [0.1, 0.15) is 34.1 Å². The molecule has 6 nitrogen and oxygen atoms in total. The van der Waals surface area contributed by atoms with Gasteiger partial charge in [0.1, 0.15) is 0 Å². The molecule has 4 N–H and O–H groups in total. The summed E-state index contributed by atoms with van der Waals surface area (Å²) < 4.78 is 25.5. The summed E-state index contributed by atoms with van der Waals surface area (Å²) in [5.41, 5.74) is 5.23. The molecule has 0 aromatic carbocycles. The van der Waals surface area contributed by atoms with E-state index in [9.17, 15) is 8.42 Å². The van der Waals surface area contributed by atoms with Crippen LogP contribution in [0, 0.1) is 5.41 Å². The van der Waals surface area contributed by atoms with Gasteiger partial charge in [-0.05, 0) is 18.8 Å². The summed E-state index contributed by atoms with van der Waals surface area (Å²) in [6.07, 6.45) is 0.547. The van der Waals surface area contributed by atoms with E-state index in [4.69, 9.17) is 10.9 Å². The molecule has 1 unspecified atom stereocenters. The third kappa shape index (κ3) is 6.62. The Labute approximate surface area is 97.0 Å². The van der Waals surface area contributed by atoms with E-state index in [1.165, 1.54) is 6.92 Å². The Kier molecular flexibility index (Phi) is 5.21. The van der Waals surface area contributed by atoms with E-state index >= 15 is 0 Å². The van der Waals surface area contributed by atoms with Gasteiger partial charge >= 0.3 is 0 Å². The minimum Gasteiger partial charge on any atom is -0.409 e. The first-order valence-electron chi connectivity index (χ1n) is 5.05. The standard InChI is InChI=1S/C9H21N3O3S/c1-7(8(10)11-13)12-16(14,15)6-5-9(2,3)4/h7,12-13H,5-6H2,1-4H3,(H2,10,11). The first kappa shape index (κ1) is 15.2. The number of nitrogens with two attached hydrogens (primary N) is 1. The molecule has 0 bridgehead atoms. The van der Waals surface area contributed by atoms with Crippen LogP contribution in [-0.4, -0.2) is 31.3 Å². The lowest BCUT2D eigenvalue weighted by atomic mass is 9.94. The maximum Gasteiger partial charge on any atom is 0.212 e. The molecule has 16 heavy (non-hydrogen) atoms. The van der Waals surface area contributed by atoms with Gasteiger partial charge in [-0.15, -0.1) is 0 Å². The van der Waals surface area contributed by atoms with Crippen LogP contribution in [0.15, 0.2) is 5.16 Å². The van der Waals surface area contributed by atoms with Gasteiger partial charge in [-0.3, -0.25) is 0 Å². The molecule has 0 spiro atoms. The van der Waals surface area contributed by atoms with E-state index in [1.54, 1.807) is 0 Å². The lowest BCUT2D eigenvalue weighted by Gasteiger charge is -2.19. The summed E-state index contributed by atoms with van der Waals surface area (Å²) >= 11 is 0. The highest BCUT2D eigenvalue weighted by Gasteiger charge is 2.20. The van der Waals surface area contributed by atoms with Gasteiger partial charge in [0.25, 0.3) is 0 Å². The van der Waals surface area contributed by atoms with Crippen LogP contribution < -0.4 is 10.5 Å². The van der Waals surface area contributed by atoms with Crippen LogP contribution in [0.4, 0.5) is 0 Å². The van der Waals surface area contributed by atoms with Crippen LogP contribution in [0.5, 0.6) is 0 Å². The molecule has 96 valence electrons. The monoisotopic (exact) mass is 251 g/mol. The van der Waals surface area contributed by atoms with Crippen molar-refractivity contribution in [2.24, 2.45) is 16.3 Å². The molecular formula is C9H21N3O3S. The van der Waals surface area contributed by atoms with Crippen molar-refractivity contribution in [2.75, 3.05) is 5.75 Å². The summed E-state index contributed by atoms with van der Waals surface area (Å²) in [7, 11) is -3.39. The van der Waals surface area contributed by atoms with Crippen LogP contribution >= 0.6 is 0 Å². The number of nitrogens with zero attached hydrogens (tertiary/aromatic N) is 1. The maximum absolute atomic E-state index is 11.6. The second-order valence-corrected chi connectivity index (χ2v) is 6.87. The van der Waals surface area contributed by atoms with Gasteiger partial charge in [-0.25, -0.2) is 13.1 Å². The molecule has 0 aromatic heterocycles. The topological polar surface area (TPSA) is 105 Å². The molecule has 0 aliphatic carbocycles. The van der Waals surface area contributed by atoms with Gasteiger partial charge in [0.2, 0.25) is 10.0 Å². The van der Waals surface area contributed by atoms with E-state index < -0.39 is 16.1 Å². The van der Waals surface area contributed by atoms with Gasteiger partial charge < -0.3 is 10.9 Å². The van der Waals surface area contributed by atoms with Gasteiger partial charge in [0.15, 0.2) is 5.84 Å². The molecule has 0 saturated heterocycles. The van der Waals surface area contributed by atoms with E-state index in [1.807, 2.05) is 20.8 Å². The molecule has 0 saturated carbocycles. The van der Waals surface area contributed by atoms with Crippen LogP contribution in [-0.2, 0) is 10.0 Å². The zero-order valence-electron chi connectivity index (χ0n) is 10.2. The van der Waals surface area contributed by atoms with Crippen molar-refractivity contribution in [1.29, 1.82) is 0 Å². The van der Waals surface area contributed by atoms with Crippen LogP contribution in [0.2, 0.25) is 0 Å². The predicted molar refractivity (Wildman–Crippen MR) is 63.9 cm³/mol. The zero-order valence-corrected chi connectivity index (χ0v) is 11.0. The van der Waals surface area contributed by atoms with E-state index in [0.29, 0.717) is 6.42 Å². The Morgan fingerprint density at radius 3 is 2.38 bits per heavy atom. The maximum atomic E-state index is 11.6. The smallest absolute Gasteiger partial charge is 0.212 e. The average Bonchev–Trinajstić information content (AvgIpc) is 2.12. The van der Waals surface area contributed by atoms with Crippen molar-refractivity contribution in [3.05, 3.63) is 0 Å². The Morgan fingerprint density at radius 2 is 2.00 bits per heavy atom. The van der Waals surface area contributed by atoms with E-state index in [0.717, 1.165) is 0 Å².